The summed E-state index contributed by atoms with van der Waals surface area (Å²) in [6, 6.07) is 15.5. The Hall–Kier alpha value is -3.61. The largest absolute Gasteiger partial charge is 0.490 e. The second kappa shape index (κ2) is 12.4. The molecule has 0 saturated heterocycles. The molecule has 0 aliphatic heterocycles. The zero-order valence-corrected chi connectivity index (χ0v) is 20.2. The van der Waals surface area contributed by atoms with Gasteiger partial charge in [0.1, 0.15) is 11.6 Å². The van der Waals surface area contributed by atoms with Crippen LogP contribution in [0.4, 0.5) is 13.2 Å². The lowest BCUT2D eigenvalue weighted by Gasteiger charge is -2.10. The van der Waals surface area contributed by atoms with E-state index in [2.05, 4.69) is 21.6 Å². The fraction of sp³-hybridized carbons (Fsp3) is 0.310. The molecule has 3 aromatic carbocycles. The van der Waals surface area contributed by atoms with Crippen LogP contribution in [0.1, 0.15) is 43.7 Å². The molecular formula is C29H29F3N2O2. The second-order valence-electron chi connectivity index (χ2n) is 8.65. The molecule has 0 bridgehead atoms. The van der Waals surface area contributed by atoms with Crippen molar-refractivity contribution in [2.75, 3.05) is 6.61 Å². The van der Waals surface area contributed by atoms with Crippen molar-refractivity contribution in [2.24, 2.45) is 0 Å². The van der Waals surface area contributed by atoms with E-state index in [1.54, 1.807) is 36.7 Å². The summed E-state index contributed by atoms with van der Waals surface area (Å²) < 4.78 is 49.9. The molecule has 0 saturated carbocycles. The van der Waals surface area contributed by atoms with E-state index in [1.165, 1.54) is 25.0 Å². The summed E-state index contributed by atoms with van der Waals surface area (Å²) in [6.07, 6.45) is 8.96. The summed E-state index contributed by atoms with van der Waals surface area (Å²) in [5.41, 5.74) is 2.31. The molecular weight excluding hydrogens is 465 g/mol. The quantitative estimate of drug-likeness (QED) is 0.189. The van der Waals surface area contributed by atoms with Crippen LogP contribution in [0.2, 0.25) is 0 Å². The average molecular weight is 495 g/mol. The topological polar surface area (TPSA) is 44.2 Å². The Bertz CT molecular complexity index is 1260. The molecule has 0 fully saturated rings. The molecule has 7 heteroatoms. The Labute approximate surface area is 209 Å². The standard InChI is InChI=1S/C29H29F3N2O2/c1-2-3-4-5-16-35-25-18-33-28(34-19-25)23-12-15-26-22(17-23)11-10-21(27(26)30)9-6-20-7-13-24(14-8-20)36-29(31)32/h7-8,10-15,17-19,29H,2-6,9,16H2,1H3. The minimum absolute atomic E-state index is 0.106. The van der Waals surface area contributed by atoms with Crippen LogP contribution in [0.3, 0.4) is 0 Å². The molecule has 0 aliphatic carbocycles. The maximum absolute atomic E-state index is 15.2. The first-order chi connectivity index (χ1) is 17.5. The minimum Gasteiger partial charge on any atom is -0.490 e. The van der Waals surface area contributed by atoms with Crippen LogP contribution in [0, 0.1) is 5.82 Å². The van der Waals surface area contributed by atoms with Gasteiger partial charge in [-0.1, -0.05) is 62.6 Å². The van der Waals surface area contributed by atoms with Crippen molar-refractivity contribution in [3.63, 3.8) is 0 Å². The fourth-order valence-electron chi connectivity index (χ4n) is 4.04. The first-order valence-corrected chi connectivity index (χ1v) is 12.2. The number of benzene rings is 3. The monoisotopic (exact) mass is 494 g/mol. The van der Waals surface area contributed by atoms with Crippen LogP contribution < -0.4 is 9.47 Å². The van der Waals surface area contributed by atoms with Gasteiger partial charge in [0.2, 0.25) is 0 Å². The Morgan fingerprint density at radius 3 is 2.33 bits per heavy atom. The lowest BCUT2D eigenvalue weighted by atomic mass is 9.99. The van der Waals surface area contributed by atoms with Gasteiger partial charge in [0.25, 0.3) is 0 Å². The SMILES string of the molecule is CCCCCCOc1cnc(-c2ccc3c(F)c(CCc4ccc(OC(F)F)cc4)ccc3c2)nc1. The van der Waals surface area contributed by atoms with E-state index < -0.39 is 6.61 Å². The van der Waals surface area contributed by atoms with Crippen molar-refractivity contribution in [3.8, 4) is 22.9 Å². The van der Waals surface area contributed by atoms with Gasteiger partial charge in [-0.3, -0.25) is 0 Å². The number of ether oxygens (including phenoxy) is 2. The van der Waals surface area contributed by atoms with Crippen LogP contribution in [0.5, 0.6) is 11.5 Å². The molecule has 36 heavy (non-hydrogen) atoms. The van der Waals surface area contributed by atoms with Crippen molar-refractivity contribution in [3.05, 3.63) is 83.9 Å². The Morgan fingerprint density at radius 2 is 1.61 bits per heavy atom. The normalized spacial score (nSPS) is 11.2. The number of rotatable bonds is 12. The van der Waals surface area contributed by atoms with Crippen LogP contribution in [-0.2, 0) is 12.8 Å². The van der Waals surface area contributed by atoms with Crippen LogP contribution >= 0.6 is 0 Å². The number of alkyl halides is 2. The summed E-state index contributed by atoms with van der Waals surface area (Å²) in [4.78, 5) is 8.83. The molecule has 188 valence electrons. The minimum atomic E-state index is -2.85. The number of nitrogens with zero attached hydrogens (tertiary/aromatic N) is 2. The number of aromatic nitrogens is 2. The molecule has 4 rings (SSSR count). The van der Waals surface area contributed by atoms with Crippen LogP contribution in [0.25, 0.3) is 22.2 Å². The predicted octanol–water partition coefficient (Wildman–Crippen LogP) is 7.78. The summed E-state index contributed by atoms with van der Waals surface area (Å²) in [7, 11) is 0. The molecule has 0 spiro atoms. The highest BCUT2D eigenvalue weighted by Gasteiger charge is 2.11. The third-order valence-electron chi connectivity index (χ3n) is 6.02. The highest BCUT2D eigenvalue weighted by atomic mass is 19.3. The lowest BCUT2D eigenvalue weighted by Crippen LogP contribution is -2.02. The number of halogens is 3. The van der Waals surface area contributed by atoms with Crippen molar-refractivity contribution in [1.29, 1.82) is 0 Å². The van der Waals surface area contributed by atoms with Crippen molar-refractivity contribution < 1.29 is 22.6 Å². The predicted molar refractivity (Wildman–Crippen MR) is 135 cm³/mol. The van der Waals surface area contributed by atoms with Gasteiger partial charge in [-0.2, -0.15) is 8.78 Å². The molecule has 4 nitrogen and oxygen atoms in total. The average Bonchev–Trinajstić information content (AvgIpc) is 2.89. The van der Waals surface area contributed by atoms with Gasteiger partial charge in [-0.15, -0.1) is 0 Å². The first-order valence-electron chi connectivity index (χ1n) is 12.2. The zero-order valence-electron chi connectivity index (χ0n) is 20.2. The lowest BCUT2D eigenvalue weighted by molar-refractivity contribution is -0.0498. The molecule has 0 atom stereocenters. The number of hydrogen-bond donors (Lipinski definition) is 0. The van der Waals surface area contributed by atoms with Gasteiger partial charge in [0, 0.05) is 10.9 Å². The number of aryl methyl sites for hydroxylation is 2. The third kappa shape index (κ3) is 6.74. The number of fused-ring (bicyclic) bond motifs is 1. The molecule has 0 unspecified atom stereocenters. The Balaban J connectivity index is 1.40. The van der Waals surface area contributed by atoms with E-state index in [-0.39, 0.29) is 11.6 Å². The Morgan fingerprint density at radius 1 is 0.833 bits per heavy atom. The van der Waals surface area contributed by atoms with Crippen LogP contribution in [0.15, 0.2) is 67.0 Å². The van der Waals surface area contributed by atoms with E-state index in [9.17, 15) is 8.78 Å². The van der Waals surface area contributed by atoms with Crippen LogP contribution in [-0.4, -0.2) is 23.2 Å². The highest BCUT2D eigenvalue weighted by Crippen LogP contribution is 2.27. The summed E-state index contributed by atoms with van der Waals surface area (Å²) in [6.45, 7) is -0.0268. The summed E-state index contributed by atoms with van der Waals surface area (Å²) in [5, 5.41) is 1.30. The first kappa shape index (κ1) is 25.5. The van der Waals surface area contributed by atoms with Gasteiger partial charge in [-0.25, -0.2) is 14.4 Å². The number of hydrogen-bond acceptors (Lipinski definition) is 4. The van der Waals surface area contributed by atoms with Crippen molar-refractivity contribution in [1.82, 2.24) is 9.97 Å². The highest BCUT2D eigenvalue weighted by molar-refractivity contribution is 5.87. The third-order valence-corrected chi connectivity index (χ3v) is 6.02. The second-order valence-corrected chi connectivity index (χ2v) is 8.65. The zero-order chi connectivity index (χ0) is 25.3. The summed E-state index contributed by atoms with van der Waals surface area (Å²) >= 11 is 0. The molecule has 1 heterocycles. The molecule has 4 aromatic rings. The fourth-order valence-corrected chi connectivity index (χ4v) is 4.04. The molecule has 0 aliphatic rings. The maximum atomic E-state index is 15.2. The smallest absolute Gasteiger partial charge is 0.387 e. The molecule has 1 aromatic heterocycles. The summed E-state index contributed by atoms with van der Waals surface area (Å²) in [5.74, 6) is 1.04. The van der Waals surface area contributed by atoms with E-state index in [0.29, 0.717) is 42.0 Å². The Kier molecular flexibility index (Phi) is 8.76. The molecule has 0 amide bonds. The van der Waals surface area contributed by atoms with Crippen molar-refractivity contribution >= 4 is 10.8 Å². The van der Waals surface area contributed by atoms with Gasteiger partial charge in [0.05, 0.1) is 19.0 Å². The van der Waals surface area contributed by atoms with E-state index in [4.69, 9.17) is 4.74 Å². The van der Waals surface area contributed by atoms with Gasteiger partial charge < -0.3 is 9.47 Å². The van der Waals surface area contributed by atoms with Gasteiger partial charge in [-0.05, 0) is 54.0 Å². The van der Waals surface area contributed by atoms with E-state index in [1.807, 2.05) is 18.2 Å². The van der Waals surface area contributed by atoms with E-state index >= 15 is 4.39 Å². The van der Waals surface area contributed by atoms with E-state index in [0.717, 1.165) is 29.4 Å². The number of unbranched alkanes of at least 4 members (excludes halogenated alkanes) is 3. The van der Waals surface area contributed by atoms with Crippen molar-refractivity contribution in [2.45, 2.75) is 52.1 Å². The molecule has 0 N–H and O–H groups in total. The maximum Gasteiger partial charge on any atom is 0.387 e. The molecule has 0 radical (unpaired) electrons. The van der Waals surface area contributed by atoms with Gasteiger partial charge in [0.15, 0.2) is 11.6 Å². The van der Waals surface area contributed by atoms with Gasteiger partial charge >= 0.3 is 6.61 Å².